The molecule has 0 radical (unpaired) electrons. The topological polar surface area (TPSA) is 76.3 Å². The van der Waals surface area contributed by atoms with Crippen LogP contribution in [0.1, 0.15) is 6.42 Å². The number of hydrogen-bond donors (Lipinski definition) is 1. The van der Waals surface area contributed by atoms with Crippen LogP contribution in [-0.4, -0.2) is 39.0 Å². The minimum Gasteiger partial charge on any atom is -0.396 e. The van der Waals surface area contributed by atoms with Crippen LogP contribution in [0.25, 0.3) is 0 Å². The first-order valence-electron chi connectivity index (χ1n) is 4.98. The van der Waals surface area contributed by atoms with Gasteiger partial charge in [0.05, 0.1) is 23.3 Å². The number of nitrogens with zero attached hydrogens (tertiary/aromatic N) is 2. The predicted octanol–water partition coefficient (Wildman–Crippen LogP) is 0.535. The SMILES string of the molecule is CN(CCCS(C)(=O)=O)c1ccncc1N. The Kier molecular flexibility index (Phi) is 4.12. The fraction of sp³-hybridized carbons (Fsp3) is 0.500. The van der Waals surface area contributed by atoms with Gasteiger partial charge in [0.2, 0.25) is 0 Å². The molecule has 0 unspecified atom stereocenters. The molecule has 0 saturated carbocycles. The third-order valence-corrected chi connectivity index (χ3v) is 3.28. The summed E-state index contributed by atoms with van der Waals surface area (Å²) in [6, 6.07) is 1.82. The molecule has 1 aromatic rings. The van der Waals surface area contributed by atoms with E-state index < -0.39 is 9.84 Å². The van der Waals surface area contributed by atoms with Crippen molar-refractivity contribution in [3.8, 4) is 0 Å². The molecule has 5 nitrogen and oxygen atoms in total. The molecule has 2 N–H and O–H groups in total. The van der Waals surface area contributed by atoms with E-state index in [9.17, 15) is 8.42 Å². The lowest BCUT2D eigenvalue weighted by Crippen LogP contribution is -2.22. The minimum atomic E-state index is -2.88. The van der Waals surface area contributed by atoms with Gasteiger partial charge in [-0.05, 0) is 12.5 Å². The van der Waals surface area contributed by atoms with E-state index in [1.165, 1.54) is 6.26 Å². The van der Waals surface area contributed by atoms with E-state index >= 15 is 0 Å². The molecule has 0 aliphatic carbocycles. The highest BCUT2D eigenvalue weighted by Crippen LogP contribution is 2.19. The maximum absolute atomic E-state index is 11.0. The van der Waals surface area contributed by atoms with Crippen molar-refractivity contribution in [1.29, 1.82) is 0 Å². The van der Waals surface area contributed by atoms with Crippen molar-refractivity contribution < 1.29 is 8.42 Å². The second kappa shape index (κ2) is 5.16. The van der Waals surface area contributed by atoms with Crippen LogP contribution in [0, 0.1) is 0 Å². The second-order valence-corrected chi connectivity index (χ2v) is 6.10. The highest BCUT2D eigenvalue weighted by molar-refractivity contribution is 7.90. The van der Waals surface area contributed by atoms with Crippen molar-refractivity contribution in [2.75, 3.05) is 36.2 Å². The van der Waals surface area contributed by atoms with Gasteiger partial charge in [0.25, 0.3) is 0 Å². The van der Waals surface area contributed by atoms with Crippen molar-refractivity contribution in [3.63, 3.8) is 0 Å². The van der Waals surface area contributed by atoms with Crippen LogP contribution in [0.5, 0.6) is 0 Å². The number of hydrogen-bond acceptors (Lipinski definition) is 5. The summed E-state index contributed by atoms with van der Waals surface area (Å²) in [5.41, 5.74) is 7.24. The van der Waals surface area contributed by atoms with Gasteiger partial charge in [-0.2, -0.15) is 0 Å². The summed E-state index contributed by atoms with van der Waals surface area (Å²) in [5.74, 6) is 0.197. The summed E-state index contributed by atoms with van der Waals surface area (Å²) in [6.45, 7) is 0.654. The lowest BCUT2D eigenvalue weighted by Gasteiger charge is -2.20. The summed E-state index contributed by atoms with van der Waals surface area (Å²) in [4.78, 5) is 5.83. The first-order chi connectivity index (χ1) is 7.40. The Bertz CT molecular complexity index is 445. The number of nitrogens with two attached hydrogens (primary N) is 1. The van der Waals surface area contributed by atoms with Crippen molar-refractivity contribution in [2.24, 2.45) is 0 Å². The molecule has 0 atom stereocenters. The van der Waals surface area contributed by atoms with Crippen molar-refractivity contribution >= 4 is 21.2 Å². The molecule has 0 spiro atoms. The highest BCUT2D eigenvalue weighted by Gasteiger charge is 2.07. The van der Waals surface area contributed by atoms with Crippen molar-refractivity contribution in [2.45, 2.75) is 6.42 Å². The van der Waals surface area contributed by atoms with E-state index in [2.05, 4.69) is 4.98 Å². The molecule has 0 bridgehead atoms. The largest absolute Gasteiger partial charge is 0.396 e. The van der Waals surface area contributed by atoms with E-state index in [1.54, 1.807) is 12.4 Å². The molecule has 1 aromatic heterocycles. The third kappa shape index (κ3) is 4.06. The first kappa shape index (κ1) is 12.8. The molecule has 0 aliphatic heterocycles. The molecule has 90 valence electrons. The molecule has 0 fully saturated rings. The fourth-order valence-electron chi connectivity index (χ4n) is 1.43. The zero-order valence-electron chi connectivity index (χ0n) is 9.55. The average molecular weight is 243 g/mol. The quantitative estimate of drug-likeness (QED) is 0.816. The highest BCUT2D eigenvalue weighted by atomic mass is 32.2. The summed E-state index contributed by atoms with van der Waals surface area (Å²) in [6.07, 6.45) is 5.09. The number of nitrogen functional groups attached to an aromatic ring is 1. The van der Waals surface area contributed by atoms with Crippen LogP contribution in [0.3, 0.4) is 0 Å². The Labute approximate surface area is 96.2 Å². The monoisotopic (exact) mass is 243 g/mol. The number of anilines is 2. The summed E-state index contributed by atoms with van der Waals surface area (Å²) in [7, 11) is -0.999. The molecule has 1 heterocycles. The Morgan fingerprint density at radius 3 is 2.75 bits per heavy atom. The van der Waals surface area contributed by atoms with E-state index in [0.717, 1.165) is 5.69 Å². The van der Waals surface area contributed by atoms with Gasteiger partial charge >= 0.3 is 0 Å². The van der Waals surface area contributed by atoms with Crippen LogP contribution < -0.4 is 10.6 Å². The number of aromatic nitrogens is 1. The van der Waals surface area contributed by atoms with Gasteiger partial charge in [-0.15, -0.1) is 0 Å². The number of rotatable bonds is 5. The Hall–Kier alpha value is -1.30. The Balaban J connectivity index is 2.54. The molecule has 0 amide bonds. The first-order valence-corrected chi connectivity index (χ1v) is 7.04. The van der Waals surface area contributed by atoms with Gasteiger partial charge < -0.3 is 10.6 Å². The third-order valence-electron chi connectivity index (χ3n) is 2.25. The molecule has 0 aromatic carbocycles. The maximum atomic E-state index is 11.0. The zero-order valence-corrected chi connectivity index (χ0v) is 10.4. The zero-order chi connectivity index (χ0) is 12.2. The molecular formula is C10H17N3O2S. The summed E-state index contributed by atoms with van der Waals surface area (Å²) in [5, 5.41) is 0. The van der Waals surface area contributed by atoms with E-state index in [-0.39, 0.29) is 5.75 Å². The van der Waals surface area contributed by atoms with E-state index in [1.807, 2.05) is 18.0 Å². The van der Waals surface area contributed by atoms with E-state index in [4.69, 9.17) is 5.73 Å². The van der Waals surface area contributed by atoms with Crippen LogP contribution in [0.4, 0.5) is 11.4 Å². The standard InChI is InChI=1S/C10H17N3O2S/c1-13(6-3-7-16(2,14)15)10-4-5-12-8-9(10)11/h4-5,8H,3,6-7,11H2,1-2H3. The Morgan fingerprint density at radius 2 is 2.19 bits per heavy atom. The van der Waals surface area contributed by atoms with Crippen LogP contribution in [0.2, 0.25) is 0 Å². The van der Waals surface area contributed by atoms with Gasteiger partial charge in [0, 0.05) is 26.0 Å². The van der Waals surface area contributed by atoms with Crippen LogP contribution in [-0.2, 0) is 9.84 Å². The molecule has 6 heteroatoms. The minimum absolute atomic E-state index is 0.197. The molecule has 0 saturated heterocycles. The van der Waals surface area contributed by atoms with Gasteiger partial charge in [-0.1, -0.05) is 0 Å². The van der Waals surface area contributed by atoms with Gasteiger partial charge in [0.1, 0.15) is 9.84 Å². The number of sulfone groups is 1. The lowest BCUT2D eigenvalue weighted by atomic mass is 10.3. The van der Waals surface area contributed by atoms with Gasteiger partial charge in [0.15, 0.2) is 0 Å². The van der Waals surface area contributed by atoms with Crippen LogP contribution in [0.15, 0.2) is 18.5 Å². The average Bonchev–Trinajstić information content (AvgIpc) is 2.16. The Morgan fingerprint density at radius 1 is 1.50 bits per heavy atom. The van der Waals surface area contributed by atoms with Gasteiger partial charge in [-0.3, -0.25) is 4.98 Å². The second-order valence-electron chi connectivity index (χ2n) is 3.84. The molecule has 0 aliphatic rings. The lowest BCUT2D eigenvalue weighted by molar-refractivity contribution is 0.599. The van der Waals surface area contributed by atoms with Gasteiger partial charge in [-0.25, -0.2) is 8.42 Å². The predicted molar refractivity (Wildman–Crippen MR) is 66.2 cm³/mol. The maximum Gasteiger partial charge on any atom is 0.147 e. The fourth-order valence-corrected chi connectivity index (χ4v) is 2.08. The summed E-state index contributed by atoms with van der Waals surface area (Å²) < 4.78 is 21.9. The normalized spacial score (nSPS) is 11.4. The van der Waals surface area contributed by atoms with E-state index in [0.29, 0.717) is 18.7 Å². The molecule has 16 heavy (non-hydrogen) atoms. The molecule has 1 rings (SSSR count). The smallest absolute Gasteiger partial charge is 0.147 e. The summed E-state index contributed by atoms with van der Waals surface area (Å²) >= 11 is 0. The molecular weight excluding hydrogens is 226 g/mol. The number of pyridine rings is 1. The van der Waals surface area contributed by atoms with Crippen LogP contribution >= 0.6 is 0 Å². The van der Waals surface area contributed by atoms with Crippen molar-refractivity contribution in [1.82, 2.24) is 4.98 Å². The van der Waals surface area contributed by atoms with Crippen molar-refractivity contribution in [3.05, 3.63) is 18.5 Å².